The second-order valence-electron chi connectivity index (χ2n) is 7.45. The highest BCUT2D eigenvalue weighted by atomic mass is 32.2. The van der Waals surface area contributed by atoms with Crippen molar-refractivity contribution in [3.8, 4) is 0 Å². The van der Waals surface area contributed by atoms with Gasteiger partial charge in [-0.3, -0.25) is 10.1 Å². The topological polar surface area (TPSA) is 168 Å². The number of carbonyl (C=O) groups is 1. The summed E-state index contributed by atoms with van der Waals surface area (Å²) in [7, 11) is -4.16. The summed E-state index contributed by atoms with van der Waals surface area (Å²) in [6.45, 7) is 4.65. The average molecular weight is 479 g/mol. The Kier molecular flexibility index (Phi) is 7.43. The van der Waals surface area contributed by atoms with Crippen LogP contribution in [0.25, 0.3) is 0 Å². The van der Waals surface area contributed by atoms with E-state index in [1.165, 1.54) is 18.2 Å². The molecule has 1 aromatic carbocycles. The van der Waals surface area contributed by atoms with Crippen molar-refractivity contribution in [3.63, 3.8) is 0 Å². The van der Waals surface area contributed by atoms with Crippen molar-refractivity contribution in [2.45, 2.75) is 44.0 Å². The highest BCUT2D eigenvalue weighted by Gasteiger charge is 2.33. The van der Waals surface area contributed by atoms with Crippen LogP contribution in [0.4, 0.5) is 17.5 Å². The van der Waals surface area contributed by atoms with Gasteiger partial charge in [0.05, 0.1) is 10.6 Å². The van der Waals surface area contributed by atoms with Crippen molar-refractivity contribution in [2.24, 2.45) is 0 Å². The van der Waals surface area contributed by atoms with Crippen molar-refractivity contribution in [1.29, 1.82) is 0 Å². The molecule has 3 N–H and O–H groups in total. The largest absolute Gasteiger partial charge is 0.477 e. The standard InChI is InChI=1S/C20H26N6O6S/c1-3-14-17(19(27)28)18(24-20(23-14)21-4-2)25-11-7-8-13(25)12-22-33(31,32)16-10-6-5-9-15(16)26(29)30/h5-6,9-10,13,22H,3-4,7-8,11-12H2,1-2H3,(H,27,28)(H,21,23,24). The minimum atomic E-state index is -4.16. The Morgan fingerprint density at radius 3 is 2.67 bits per heavy atom. The fraction of sp³-hybridized carbons (Fsp3) is 0.450. The molecule has 3 rings (SSSR count). The monoisotopic (exact) mass is 478 g/mol. The first kappa shape index (κ1) is 24.3. The molecular formula is C20H26N6O6S. The van der Waals surface area contributed by atoms with Gasteiger partial charge in [0.15, 0.2) is 4.90 Å². The molecule has 1 unspecified atom stereocenters. The number of nitro groups is 1. The Hall–Kier alpha value is -3.32. The molecule has 0 spiro atoms. The highest BCUT2D eigenvalue weighted by molar-refractivity contribution is 7.89. The number of anilines is 2. The molecule has 1 fully saturated rings. The number of nitrogens with zero attached hydrogens (tertiary/aromatic N) is 4. The lowest BCUT2D eigenvalue weighted by atomic mass is 10.1. The number of rotatable bonds is 10. The number of nitro benzene ring substituents is 1. The molecule has 178 valence electrons. The summed E-state index contributed by atoms with van der Waals surface area (Å²) in [5.41, 5.74) is -0.137. The van der Waals surface area contributed by atoms with E-state index in [-0.39, 0.29) is 24.0 Å². The lowest BCUT2D eigenvalue weighted by molar-refractivity contribution is -0.387. The molecule has 12 nitrogen and oxygen atoms in total. The first-order valence-corrected chi connectivity index (χ1v) is 12.1. The van der Waals surface area contributed by atoms with Gasteiger partial charge < -0.3 is 15.3 Å². The average Bonchev–Trinajstić information content (AvgIpc) is 3.25. The third-order valence-electron chi connectivity index (χ3n) is 5.36. The molecule has 0 aliphatic carbocycles. The minimum Gasteiger partial charge on any atom is -0.477 e. The van der Waals surface area contributed by atoms with Crippen molar-refractivity contribution in [1.82, 2.24) is 14.7 Å². The normalized spacial score (nSPS) is 16.1. The third kappa shape index (κ3) is 5.20. The van der Waals surface area contributed by atoms with E-state index in [0.717, 1.165) is 6.07 Å². The number of hydrogen-bond donors (Lipinski definition) is 3. The predicted octanol–water partition coefficient (Wildman–Crippen LogP) is 2.02. The number of aromatic nitrogens is 2. The lowest BCUT2D eigenvalue weighted by Gasteiger charge is -2.28. The van der Waals surface area contributed by atoms with Crippen LogP contribution in [-0.4, -0.2) is 60.1 Å². The first-order valence-electron chi connectivity index (χ1n) is 10.6. The number of carboxylic acid groups (broad SMARTS) is 1. The van der Waals surface area contributed by atoms with Gasteiger partial charge in [0.2, 0.25) is 16.0 Å². The van der Waals surface area contributed by atoms with Crippen LogP contribution in [0.1, 0.15) is 42.7 Å². The Morgan fingerprint density at radius 2 is 2.03 bits per heavy atom. The van der Waals surface area contributed by atoms with Crippen LogP contribution < -0.4 is 14.9 Å². The van der Waals surface area contributed by atoms with Crippen LogP contribution in [0.2, 0.25) is 0 Å². The lowest BCUT2D eigenvalue weighted by Crippen LogP contribution is -2.41. The Bertz CT molecular complexity index is 1160. The number of benzene rings is 1. The van der Waals surface area contributed by atoms with E-state index in [4.69, 9.17) is 0 Å². The SMILES string of the molecule is CCNc1nc(CC)c(C(=O)O)c(N2CCCC2CNS(=O)(=O)c2ccccc2[N+](=O)[O-])n1. The summed E-state index contributed by atoms with van der Waals surface area (Å²) < 4.78 is 28.1. The maximum atomic E-state index is 12.8. The summed E-state index contributed by atoms with van der Waals surface area (Å²) in [6, 6.07) is 4.74. The molecule has 0 amide bonds. The molecule has 0 radical (unpaired) electrons. The number of aryl methyl sites for hydroxylation is 1. The Labute approximate surface area is 191 Å². The van der Waals surface area contributed by atoms with Gasteiger partial charge in [-0.25, -0.2) is 22.9 Å². The quantitative estimate of drug-likeness (QED) is 0.339. The number of sulfonamides is 1. The summed E-state index contributed by atoms with van der Waals surface area (Å²) in [4.78, 5) is 32.6. The molecular weight excluding hydrogens is 452 g/mol. The molecule has 0 bridgehead atoms. The zero-order chi connectivity index (χ0) is 24.2. The second kappa shape index (κ2) is 10.1. The van der Waals surface area contributed by atoms with Gasteiger partial charge in [-0.1, -0.05) is 19.1 Å². The minimum absolute atomic E-state index is 0.00684. The van der Waals surface area contributed by atoms with Gasteiger partial charge in [-0.05, 0) is 32.3 Å². The van der Waals surface area contributed by atoms with Crippen LogP contribution in [0.3, 0.4) is 0 Å². The summed E-state index contributed by atoms with van der Waals surface area (Å²) >= 11 is 0. The zero-order valence-electron chi connectivity index (χ0n) is 18.3. The smallest absolute Gasteiger partial charge is 0.341 e. The zero-order valence-corrected chi connectivity index (χ0v) is 19.1. The van der Waals surface area contributed by atoms with E-state index in [9.17, 15) is 28.4 Å². The molecule has 0 saturated carbocycles. The molecule has 2 heterocycles. The Morgan fingerprint density at radius 1 is 1.30 bits per heavy atom. The van der Waals surface area contributed by atoms with E-state index in [1.54, 1.807) is 11.8 Å². The molecule has 1 aliphatic rings. The maximum Gasteiger partial charge on any atom is 0.341 e. The van der Waals surface area contributed by atoms with Crippen LogP contribution in [-0.2, 0) is 16.4 Å². The maximum absolute atomic E-state index is 12.8. The van der Waals surface area contributed by atoms with Crippen LogP contribution in [0.15, 0.2) is 29.2 Å². The molecule has 1 aliphatic heterocycles. The Balaban J connectivity index is 1.91. The number of carboxylic acids is 1. The van der Waals surface area contributed by atoms with Gasteiger partial charge in [-0.2, -0.15) is 4.98 Å². The van der Waals surface area contributed by atoms with Crippen LogP contribution in [0.5, 0.6) is 0 Å². The molecule has 1 saturated heterocycles. The van der Waals surface area contributed by atoms with Crippen LogP contribution in [0, 0.1) is 10.1 Å². The van der Waals surface area contributed by atoms with Gasteiger partial charge in [-0.15, -0.1) is 0 Å². The summed E-state index contributed by atoms with van der Waals surface area (Å²) in [6.07, 6.45) is 1.69. The summed E-state index contributed by atoms with van der Waals surface area (Å²) in [5, 5.41) is 24.1. The van der Waals surface area contributed by atoms with E-state index < -0.39 is 31.5 Å². The van der Waals surface area contributed by atoms with Gasteiger partial charge in [0.1, 0.15) is 11.4 Å². The highest BCUT2D eigenvalue weighted by Crippen LogP contribution is 2.30. The first-order chi connectivity index (χ1) is 15.7. The fourth-order valence-corrected chi connectivity index (χ4v) is 5.10. The second-order valence-corrected chi connectivity index (χ2v) is 9.18. The van der Waals surface area contributed by atoms with E-state index in [1.807, 2.05) is 6.92 Å². The van der Waals surface area contributed by atoms with Crippen molar-refractivity contribution < 1.29 is 23.2 Å². The summed E-state index contributed by atoms with van der Waals surface area (Å²) in [5.74, 6) is -0.616. The van der Waals surface area contributed by atoms with E-state index >= 15 is 0 Å². The van der Waals surface area contributed by atoms with Crippen molar-refractivity contribution >= 4 is 33.4 Å². The third-order valence-corrected chi connectivity index (χ3v) is 6.83. The van der Waals surface area contributed by atoms with Crippen LogP contribution >= 0.6 is 0 Å². The van der Waals surface area contributed by atoms with Gasteiger partial charge in [0, 0.05) is 31.7 Å². The fourth-order valence-electron chi connectivity index (χ4n) is 3.86. The van der Waals surface area contributed by atoms with Gasteiger partial charge in [0.25, 0.3) is 5.69 Å². The van der Waals surface area contributed by atoms with E-state index in [0.29, 0.717) is 44.0 Å². The number of para-hydroxylation sites is 1. The number of hydrogen-bond acceptors (Lipinski definition) is 9. The predicted molar refractivity (Wildman–Crippen MR) is 121 cm³/mol. The molecule has 2 aromatic rings. The number of aromatic carboxylic acids is 1. The van der Waals surface area contributed by atoms with Crippen molar-refractivity contribution in [3.05, 3.63) is 45.6 Å². The molecule has 13 heteroatoms. The van der Waals surface area contributed by atoms with Crippen molar-refractivity contribution in [2.75, 3.05) is 29.9 Å². The van der Waals surface area contributed by atoms with E-state index in [2.05, 4.69) is 20.0 Å². The number of nitrogens with one attached hydrogen (secondary N) is 2. The van der Waals surface area contributed by atoms with Gasteiger partial charge >= 0.3 is 5.97 Å². The molecule has 1 aromatic heterocycles. The molecule has 1 atom stereocenters. The molecule has 33 heavy (non-hydrogen) atoms.